The van der Waals surface area contributed by atoms with Crippen molar-refractivity contribution in [3.05, 3.63) is 40.6 Å². The number of Topliss-reactive ketones (excluding diaryl/α,β-unsaturated/α-hetero) is 1. The number of carbonyl (C=O) groups is 1. The average Bonchev–Trinajstić information content (AvgIpc) is 2.99. The lowest BCUT2D eigenvalue weighted by atomic mass is 10.2. The molecule has 0 aromatic carbocycles. The van der Waals surface area contributed by atoms with Crippen LogP contribution in [0.5, 0.6) is 0 Å². The summed E-state index contributed by atoms with van der Waals surface area (Å²) < 4.78 is 1.77. The van der Waals surface area contributed by atoms with E-state index in [1.54, 1.807) is 17.0 Å². The van der Waals surface area contributed by atoms with Crippen LogP contribution in [-0.4, -0.2) is 15.3 Å². The van der Waals surface area contributed by atoms with Crippen LogP contribution >= 0.6 is 11.3 Å². The van der Waals surface area contributed by atoms with Crippen molar-refractivity contribution in [1.29, 1.82) is 5.26 Å². The van der Waals surface area contributed by atoms with Crippen LogP contribution in [-0.2, 0) is 6.54 Å². The summed E-state index contributed by atoms with van der Waals surface area (Å²) >= 11 is 1.47. The van der Waals surface area contributed by atoms with Crippen molar-refractivity contribution in [2.75, 3.05) is 0 Å². The van der Waals surface area contributed by atoms with Crippen LogP contribution in [0.3, 0.4) is 0 Å². The molecule has 0 bridgehead atoms. The van der Waals surface area contributed by atoms with E-state index in [-0.39, 0.29) is 5.78 Å². The fourth-order valence-electron chi connectivity index (χ4n) is 1.57. The van der Waals surface area contributed by atoms with Gasteiger partial charge >= 0.3 is 0 Å². The lowest BCUT2D eigenvalue weighted by Crippen LogP contribution is -2.03. The summed E-state index contributed by atoms with van der Waals surface area (Å²) in [5.74, 6) is 0.562. The zero-order chi connectivity index (χ0) is 12.1. The second-order valence-electron chi connectivity index (χ2n) is 3.56. The van der Waals surface area contributed by atoms with Gasteiger partial charge < -0.3 is 4.57 Å². The number of aryl methyl sites for hydroxylation is 1. The number of hydrogen-bond donors (Lipinski definition) is 0. The molecule has 0 amide bonds. The van der Waals surface area contributed by atoms with Gasteiger partial charge in [0.25, 0.3) is 0 Å². The smallest absolute Gasteiger partial charge is 0.212 e. The number of nitriles is 1. The lowest BCUT2D eigenvalue weighted by Gasteiger charge is -2.02. The predicted molar refractivity (Wildman–Crippen MR) is 64.8 cm³/mol. The molecule has 0 unspecified atom stereocenters. The van der Waals surface area contributed by atoms with Gasteiger partial charge in [0, 0.05) is 25.4 Å². The number of aromatic nitrogens is 2. The Kier molecular flexibility index (Phi) is 3.68. The molecule has 0 atom stereocenters. The molecule has 86 valence electrons. The number of thiophene rings is 1. The Morgan fingerprint density at radius 2 is 2.47 bits per heavy atom. The molecule has 17 heavy (non-hydrogen) atoms. The van der Waals surface area contributed by atoms with E-state index in [0.717, 1.165) is 11.3 Å². The van der Waals surface area contributed by atoms with Crippen molar-refractivity contribution in [3.63, 3.8) is 0 Å². The van der Waals surface area contributed by atoms with Gasteiger partial charge in [-0.25, -0.2) is 4.98 Å². The number of rotatable bonds is 5. The summed E-state index contributed by atoms with van der Waals surface area (Å²) in [5, 5.41) is 10.7. The van der Waals surface area contributed by atoms with Crippen molar-refractivity contribution < 1.29 is 4.79 Å². The van der Waals surface area contributed by atoms with Crippen molar-refractivity contribution in [2.24, 2.45) is 0 Å². The van der Waals surface area contributed by atoms with Gasteiger partial charge in [-0.05, 0) is 17.9 Å². The second kappa shape index (κ2) is 5.41. The summed E-state index contributed by atoms with van der Waals surface area (Å²) in [4.78, 5) is 16.4. The van der Waals surface area contributed by atoms with Gasteiger partial charge in [-0.15, -0.1) is 11.3 Å². The quantitative estimate of drug-likeness (QED) is 0.760. The van der Waals surface area contributed by atoms with Gasteiger partial charge in [0.15, 0.2) is 5.78 Å². The van der Waals surface area contributed by atoms with E-state index in [2.05, 4.69) is 4.98 Å². The third-order valence-electron chi connectivity index (χ3n) is 2.41. The van der Waals surface area contributed by atoms with Crippen LogP contribution in [0.1, 0.15) is 28.3 Å². The first-order valence-corrected chi connectivity index (χ1v) is 6.17. The largest absolute Gasteiger partial charge is 0.323 e. The Balaban J connectivity index is 1.85. The third kappa shape index (κ3) is 2.80. The molecule has 2 heterocycles. The normalized spacial score (nSPS) is 10.1. The fourth-order valence-corrected chi connectivity index (χ4v) is 2.27. The highest BCUT2D eigenvalue weighted by Crippen LogP contribution is 2.12. The zero-order valence-electron chi connectivity index (χ0n) is 9.17. The summed E-state index contributed by atoms with van der Waals surface area (Å²) in [6.07, 6.45) is 4.58. The molecule has 0 radical (unpaired) electrons. The van der Waals surface area contributed by atoms with E-state index < -0.39 is 0 Å². The molecule has 0 aliphatic carbocycles. The van der Waals surface area contributed by atoms with Crippen LogP contribution in [0.15, 0.2) is 29.9 Å². The van der Waals surface area contributed by atoms with E-state index in [1.807, 2.05) is 23.6 Å². The topological polar surface area (TPSA) is 58.7 Å². The van der Waals surface area contributed by atoms with E-state index in [0.29, 0.717) is 18.8 Å². The Hall–Kier alpha value is -1.93. The molecule has 4 nitrogen and oxygen atoms in total. The summed E-state index contributed by atoms with van der Waals surface area (Å²) in [5.41, 5.74) is 0. The van der Waals surface area contributed by atoms with Crippen molar-refractivity contribution in [1.82, 2.24) is 9.55 Å². The van der Waals surface area contributed by atoms with Gasteiger partial charge in [0.2, 0.25) is 5.82 Å². The molecule has 0 fully saturated rings. The van der Waals surface area contributed by atoms with Crippen molar-refractivity contribution in [3.8, 4) is 6.07 Å². The highest BCUT2D eigenvalue weighted by Gasteiger charge is 2.07. The molecule has 0 saturated heterocycles. The van der Waals surface area contributed by atoms with Crippen molar-refractivity contribution in [2.45, 2.75) is 19.4 Å². The first-order chi connectivity index (χ1) is 8.31. The minimum atomic E-state index is 0.165. The highest BCUT2D eigenvalue weighted by atomic mass is 32.1. The monoisotopic (exact) mass is 245 g/mol. The number of nitrogens with zero attached hydrogens (tertiary/aromatic N) is 3. The second-order valence-corrected chi connectivity index (χ2v) is 4.51. The Bertz CT molecular complexity index is 536. The minimum absolute atomic E-state index is 0.165. The zero-order valence-corrected chi connectivity index (χ0v) is 9.98. The SMILES string of the molecule is N#Cc1nccn1CCCC(=O)c1cccs1. The molecule has 2 aromatic rings. The highest BCUT2D eigenvalue weighted by molar-refractivity contribution is 7.12. The van der Waals surface area contributed by atoms with Gasteiger partial charge in [-0.1, -0.05) is 6.07 Å². The van der Waals surface area contributed by atoms with Gasteiger partial charge in [0.1, 0.15) is 6.07 Å². The number of imidazole rings is 1. The number of carbonyl (C=O) groups excluding carboxylic acids is 1. The molecule has 5 heteroatoms. The minimum Gasteiger partial charge on any atom is -0.323 e. The molecule has 2 aromatic heterocycles. The van der Waals surface area contributed by atoms with E-state index in [9.17, 15) is 4.79 Å². The van der Waals surface area contributed by atoms with Crippen LogP contribution < -0.4 is 0 Å². The average molecular weight is 245 g/mol. The molecule has 0 saturated carbocycles. The Morgan fingerprint density at radius 1 is 1.59 bits per heavy atom. The maximum Gasteiger partial charge on any atom is 0.212 e. The molecule has 0 aliphatic rings. The van der Waals surface area contributed by atoms with Crippen molar-refractivity contribution >= 4 is 17.1 Å². The number of ketones is 1. The predicted octanol–water partition coefficient (Wildman–Crippen LogP) is 2.48. The summed E-state index contributed by atoms with van der Waals surface area (Å²) in [6, 6.07) is 5.72. The maximum atomic E-state index is 11.7. The molecular weight excluding hydrogens is 234 g/mol. The van der Waals surface area contributed by atoms with E-state index in [4.69, 9.17) is 5.26 Å². The standard InChI is InChI=1S/C12H11N3OS/c13-9-12-14-5-7-15(12)6-1-3-10(16)11-4-2-8-17-11/h2,4-5,7-8H,1,3,6H2. The first-order valence-electron chi connectivity index (χ1n) is 5.29. The summed E-state index contributed by atoms with van der Waals surface area (Å²) in [7, 11) is 0. The van der Waals surface area contributed by atoms with Gasteiger partial charge in [0.05, 0.1) is 4.88 Å². The number of hydrogen-bond acceptors (Lipinski definition) is 4. The Morgan fingerprint density at radius 3 is 3.18 bits per heavy atom. The fraction of sp³-hybridized carbons (Fsp3) is 0.250. The summed E-state index contributed by atoms with van der Waals surface area (Å²) in [6.45, 7) is 0.653. The van der Waals surface area contributed by atoms with Crippen LogP contribution in [0.4, 0.5) is 0 Å². The van der Waals surface area contributed by atoms with Crippen LogP contribution in [0, 0.1) is 11.3 Å². The molecule has 0 spiro atoms. The Labute approximate surface area is 103 Å². The van der Waals surface area contributed by atoms with Gasteiger partial charge in [-0.2, -0.15) is 5.26 Å². The molecule has 0 N–H and O–H groups in total. The van der Waals surface area contributed by atoms with Crippen LogP contribution in [0.25, 0.3) is 0 Å². The molecule has 0 aliphatic heterocycles. The molecular formula is C12H11N3OS. The molecule has 2 rings (SSSR count). The van der Waals surface area contributed by atoms with Gasteiger partial charge in [-0.3, -0.25) is 4.79 Å². The van der Waals surface area contributed by atoms with E-state index >= 15 is 0 Å². The third-order valence-corrected chi connectivity index (χ3v) is 3.33. The maximum absolute atomic E-state index is 11.7. The van der Waals surface area contributed by atoms with E-state index in [1.165, 1.54) is 11.3 Å². The lowest BCUT2D eigenvalue weighted by molar-refractivity contribution is 0.0982. The van der Waals surface area contributed by atoms with Crippen LogP contribution in [0.2, 0.25) is 0 Å². The first kappa shape index (κ1) is 11.6.